The Morgan fingerprint density at radius 2 is 1.86 bits per heavy atom. The number of H-pyrrole nitrogens is 1. The SMILES string of the molecule is Cc1ncc(S(=O)(=O)N[C@@H]2CC[C@](O)(CN3CCC4(CC3)CN(c3ncncc3Oc3ccc(F)cc3C(=O)N(C(C)C)C(C)C)C4)OC2)[nH]1. The Kier molecular flexibility index (Phi) is 10.2. The molecule has 3 aromatic rings. The molecule has 1 aromatic carbocycles. The molecule has 5 heterocycles. The number of aryl methyl sites for hydroxylation is 1. The number of ether oxygens (including phenoxy) is 2. The number of hydrogen-bond acceptors (Lipinski definition) is 11. The highest BCUT2D eigenvalue weighted by molar-refractivity contribution is 7.89. The van der Waals surface area contributed by atoms with Gasteiger partial charge in [-0.2, -0.15) is 0 Å². The van der Waals surface area contributed by atoms with Crippen LogP contribution in [0.15, 0.2) is 41.9 Å². The number of piperidine rings is 1. The molecule has 1 spiro atoms. The maximum Gasteiger partial charge on any atom is 0.258 e. The number of likely N-dealkylation sites (tertiary alicyclic amines) is 1. The van der Waals surface area contributed by atoms with Crippen LogP contribution in [0.5, 0.6) is 11.5 Å². The molecule has 0 unspecified atom stereocenters. The molecule has 0 saturated carbocycles. The molecule has 6 rings (SSSR count). The zero-order chi connectivity index (χ0) is 35.8. The number of imidazole rings is 1. The fourth-order valence-electron chi connectivity index (χ4n) is 7.31. The van der Waals surface area contributed by atoms with Gasteiger partial charge in [0.25, 0.3) is 15.9 Å². The monoisotopic (exact) mass is 714 g/mol. The minimum absolute atomic E-state index is 0.00451. The van der Waals surface area contributed by atoms with Crippen molar-refractivity contribution in [2.45, 2.75) is 89.2 Å². The van der Waals surface area contributed by atoms with Gasteiger partial charge in [0.05, 0.1) is 31.1 Å². The zero-order valence-corrected chi connectivity index (χ0v) is 30.0. The number of aromatic amines is 1. The van der Waals surface area contributed by atoms with Crippen LogP contribution in [0, 0.1) is 18.2 Å². The molecule has 2 aromatic heterocycles. The van der Waals surface area contributed by atoms with Crippen LogP contribution in [0.2, 0.25) is 0 Å². The van der Waals surface area contributed by atoms with Gasteiger partial charge in [0.1, 0.15) is 23.7 Å². The van der Waals surface area contributed by atoms with Crippen molar-refractivity contribution in [1.82, 2.24) is 34.5 Å². The molecule has 272 valence electrons. The molecule has 3 N–H and O–H groups in total. The van der Waals surface area contributed by atoms with E-state index in [1.165, 1.54) is 30.7 Å². The highest BCUT2D eigenvalue weighted by atomic mass is 32.2. The van der Waals surface area contributed by atoms with Gasteiger partial charge in [-0.15, -0.1) is 0 Å². The number of β-amino-alcohol motifs (C(OH)–C–C–N with tert-alkyl or cyclic N) is 1. The maximum absolute atomic E-state index is 14.4. The van der Waals surface area contributed by atoms with E-state index < -0.39 is 27.7 Å². The highest BCUT2D eigenvalue weighted by Gasteiger charge is 2.47. The number of anilines is 1. The summed E-state index contributed by atoms with van der Waals surface area (Å²) >= 11 is 0. The molecule has 3 saturated heterocycles. The van der Waals surface area contributed by atoms with Crippen molar-refractivity contribution in [2.24, 2.45) is 5.41 Å². The maximum atomic E-state index is 14.4. The number of nitrogens with zero attached hydrogens (tertiary/aromatic N) is 6. The van der Waals surface area contributed by atoms with Crippen LogP contribution in [0.1, 0.15) is 69.6 Å². The van der Waals surface area contributed by atoms with E-state index in [0.29, 0.717) is 36.8 Å². The summed E-state index contributed by atoms with van der Waals surface area (Å²) in [5.74, 6) is -0.444. The van der Waals surface area contributed by atoms with Gasteiger partial charge in [0.15, 0.2) is 22.4 Å². The molecular weight excluding hydrogens is 667 g/mol. The zero-order valence-electron chi connectivity index (χ0n) is 29.2. The first-order valence-corrected chi connectivity index (χ1v) is 18.6. The average Bonchev–Trinajstić information content (AvgIpc) is 3.50. The number of aliphatic hydroxyl groups is 1. The van der Waals surface area contributed by atoms with Gasteiger partial charge < -0.3 is 29.4 Å². The number of hydrogen-bond donors (Lipinski definition) is 3. The van der Waals surface area contributed by atoms with E-state index in [2.05, 4.69) is 34.5 Å². The van der Waals surface area contributed by atoms with E-state index in [9.17, 15) is 22.7 Å². The molecule has 3 fully saturated rings. The van der Waals surface area contributed by atoms with E-state index >= 15 is 0 Å². The number of rotatable bonds is 11. The minimum atomic E-state index is -3.76. The first-order chi connectivity index (χ1) is 23.7. The quantitative estimate of drug-likeness (QED) is 0.266. The molecule has 0 bridgehead atoms. The summed E-state index contributed by atoms with van der Waals surface area (Å²) in [7, 11) is -3.76. The third kappa shape index (κ3) is 7.78. The minimum Gasteiger partial charge on any atom is -0.451 e. The van der Waals surface area contributed by atoms with Gasteiger partial charge >= 0.3 is 0 Å². The number of carbonyl (C=O) groups excluding carboxylic acids is 1. The van der Waals surface area contributed by atoms with Crippen LogP contribution in [0.3, 0.4) is 0 Å². The predicted molar refractivity (Wildman–Crippen MR) is 183 cm³/mol. The molecule has 3 aliphatic rings. The summed E-state index contributed by atoms with van der Waals surface area (Å²) < 4.78 is 54.4. The van der Waals surface area contributed by atoms with E-state index in [4.69, 9.17) is 9.47 Å². The second-order valence-electron chi connectivity index (χ2n) is 14.4. The standard InChI is InChI=1S/C34H47FN8O6S/c1-22(2)43(23(3)4)32(44)27-14-25(35)6-7-28(27)49-29-15-36-21-38-31(29)42-18-33(19-42)10-12-41(13-11-33)20-34(45)9-8-26(17-48-34)40-50(46,47)30-16-37-24(5)39-30/h6-7,14-16,21-23,26,40,45H,8-13,17-20H2,1-5H3,(H,37,39)/t26-,34-/m1/s1. The van der Waals surface area contributed by atoms with Crippen LogP contribution in [0.4, 0.5) is 10.2 Å². The van der Waals surface area contributed by atoms with E-state index in [0.717, 1.165) is 39.0 Å². The van der Waals surface area contributed by atoms with Crippen molar-refractivity contribution in [1.29, 1.82) is 0 Å². The number of carbonyl (C=O) groups is 1. The number of amides is 1. The summed E-state index contributed by atoms with van der Waals surface area (Å²) in [6.45, 7) is 12.9. The number of nitrogens with one attached hydrogen (secondary N) is 2. The first-order valence-electron chi connectivity index (χ1n) is 17.1. The Balaban J connectivity index is 1.03. The lowest BCUT2D eigenvalue weighted by atomic mass is 9.72. The van der Waals surface area contributed by atoms with Gasteiger partial charge in [-0.25, -0.2) is 32.5 Å². The molecule has 2 atom stereocenters. The molecule has 50 heavy (non-hydrogen) atoms. The van der Waals surface area contributed by atoms with Crippen molar-refractivity contribution in [3.8, 4) is 11.5 Å². The fourth-order valence-corrected chi connectivity index (χ4v) is 8.54. The van der Waals surface area contributed by atoms with Gasteiger partial charge in [0, 0.05) is 43.1 Å². The van der Waals surface area contributed by atoms with Gasteiger partial charge in [-0.3, -0.25) is 9.69 Å². The fraction of sp³-hybridized carbons (Fsp3) is 0.588. The molecule has 1 amide bonds. The van der Waals surface area contributed by atoms with Crippen LogP contribution >= 0.6 is 0 Å². The lowest BCUT2D eigenvalue weighted by Crippen LogP contribution is -2.62. The van der Waals surface area contributed by atoms with Crippen LogP contribution in [0.25, 0.3) is 0 Å². The summed E-state index contributed by atoms with van der Waals surface area (Å²) in [6.07, 6.45) is 6.90. The third-order valence-corrected chi connectivity index (χ3v) is 11.3. The number of halogens is 1. The van der Waals surface area contributed by atoms with Crippen LogP contribution < -0.4 is 14.4 Å². The largest absolute Gasteiger partial charge is 0.451 e. The van der Waals surface area contributed by atoms with E-state index in [1.807, 2.05) is 27.7 Å². The highest BCUT2D eigenvalue weighted by Crippen LogP contribution is 2.45. The third-order valence-electron chi connectivity index (χ3n) is 9.86. The normalized spacial score (nSPS) is 22.6. The summed E-state index contributed by atoms with van der Waals surface area (Å²) in [5, 5.41) is 11.2. The summed E-state index contributed by atoms with van der Waals surface area (Å²) in [6, 6.07) is 3.33. The number of aromatic nitrogens is 4. The van der Waals surface area contributed by atoms with Gasteiger partial charge in [-0.05, 0) is 85.2 Å². The molecule has 0 radical (unpaired) electrons. The molecule has 16 heteroatoms. The smallest absolute Gasteiger partial charge is 0.258 e. The Morgan fingerprint density at radius 3 is 2.48 bits per heavy atom. The van der Waals surface area contributed by atoms with Crippen molar-refractivity contribution in [2.75, 3.05) is 44.2 Å². The molecular formula is C34H47FN8O6S. The number of benzene rings is 1. The Bertz CT molecular complexity index is 1770. The Morgan fingerprint density at radius 1 is 1.14 bits per heavy atom. The second-order valence-corrected chi connectivity index (χ2v) is 16.1. The summed E-state index contributed by atoms with van der Waals surface area (Å²) in [4.78, 5) is 35.0. The summed E-state index contributed by atoms with van der Waals surface area (Å²) in [5.41, 5.74) is 0.217. The van der Waals surface area contributed by atoms with Crippen molar-refractivity contribution in [3.05, 3.63) is 54.1 Å². The van der Waals surface area contributed by atoms with Gasteiger partial charge in [-0.1, -0.05) is 0 Å². The lowest BCUT2D eigenvalue weighted by Gasteiger charge is -2.55. The van der Waals surface area contributed by atoms with Crippen molar-refractivity contribution in [3.63, 3.8) is 0 Å². The van der Waals surface area contributed by atoms with Crippen LogP contribution in [-0.2, 0) is 14.8 Å². The predicted octanol–water partition coefficient (Wildman–Crippen LogP) is 3.45. The Labute approximate surface area is 292 Å². The van der Waals surface area contributed by atoms with Gasteiger partial charge in [0.2, 0.25) is 0 Å². The lowest BCUT2D eigenvalue weighted by molar-refractivity contribution is -0.239. The van der Waals surface area contributed by atoms with Crippen molar-refractivity contribution >= 4 is 21.7 Å². The van der Waals surface area contributed by atoms with Crippen LogP contribution in [-0.4, -0.2) is 112 Å². The second kappa shape index (κ2) is 14.1. The topological polar surface area (TPSA) is 166 Å². The average molecular weight is 715 g/mol. The Hall–Kier alpha value is -3.70. The van der Waals surface area contributed by atoms with E-state index in [-0.39, 0.29) is 46.4 Å². The number of sulfonamides is 1. The molecule has 3 aliphatic heterocycles. The van der Waals surface area contributed by atoms with E-state index in [1.54, 1.807) is 18.0 Å². The first kappa shape index (κ1) is 36.1. The molecule has 0 aliphatic carbocycles. The van der Waals surface area contributed by atoms with Crippen molar-refractivity contribution < 1.29 is 32.2 Å². The molecule has 14 nitrogen and oxygen atoms in total.